The molecule has 22 heavy (non-hydrogen) atoms. The molecule has 4 nitrogen and oxygen atoms in total. The molecule has 1 amide bonds. The molecule has 0 aliphatic heterocycles. The van der Waals surface area contributed by atoms with Crippen molar-refractivity contribution in [1.82, 2.24) is 5.32 Å². The summed E-state index contributed by atoms with van der Waals surface area (Å²) in [6, 6.07) is 14.5. The van der Waals surface area contributed by atoms with Crippen molar-refractivity contribution in [2.45, 2.75) is 13.0 Å². The Bertz CT molecular complexity index is 631. The van der Waals surface area contributed by atoms with Crippen LogP contribution in [0.2, 0.25) is 5.02 Å². The molecule has 0 bridgehead atoms. The molecule has 0 saturated heterocycles. The maximum Gasteiger partial charge on any atom is 0.255 e. The second-order valence-corrected chi connectivity index (χ2v) is 5.12. The van der Waals surface area contributed by atoms with Gasteiger partial charge in [-0.3, -0.25) is 4.79 Å². The smallest absolute Gasteiger partial charge is 0.255 e. The van der Waals surface area contributed by atoms with Crippen LogP contribution in [0.1, 0.15) is 22.3 Å². The van der Waals surface area contributed by atoms with E-state index >= 15 is 0 Å². The maximum atomic E-state index is 12.1. The van der Waals surface area contributed by atoms with Gasteiger partial charge in [0.25, 0.3) is 5.91 Å². The van der Waals surface area contributed by atoms with Gasteiger partial charge in [-0.25, -0.2) is 0 Å². The normalized spacial score (nSPS) is 10.3. The molecule has 2 aromatic rings. The molecule has 0 spiro atoms. The summed E-state index contributed by atoms with van der Waals surface area (Å²) >= 11 is 6.09. The van der Waals surface area contributed by atoms with Gasteiger partial charge in [-0.15, -0.1) is 0 Å². The lowest BCUT2D eigenvalue weighted by atomic mass is 10.2. The van der Waals surface area contributed by atoms with E-state index in [4.69, 9.17) is 21.4 Å². The summed E-state index contributed by atoms with van der Waals surface area (Å²) in [6.45, 7) is 0.764. The Balaban J connectivity index is 2.05. The van der Waals surface area contributed by atoms with Gasteiger partial charge in [-0.2, -0.15) is 0 Å². The number of rotatable bonds is 7. The molecule has 0 fully saturated rings. The first-order valence-electron chi connectivity index (χ1n) is 7.06. The van der Waals surface area contributed by atoms with Gasteiger partial charge in [0.1, 0.15) is 12.4 Å². The molecule has 116 valence electrons. The first kappa shape index (κ1) is 16.3. The molecule has 0 aliphatic carbocycles. The van der Waals surface area contributed by atoms with Crippen LogP contribution in [0, 0.1) is 0 Å². The Morgan fingerprint density at radius 1 is 1.14 bits per heavy atom. The predicted octanol–water partition coefficient (Wildman–Crippen LogP) is 3.03. The van der Waals surface area contributed by atoms with Crippen LogP contribution in [0.4, 0.5) is 0 Å². The Kier molecular flexibility index (Phi) is 6.25. The van der Waals surface area contributed by atoms with Crippen LogP contribution in [-0.2, 0) is 6.61 Å². The monoisotopic (exact) mass is 319 g/mol. The standard InChI is InChI=1S/C17H18ClNO3/c18-15-8-3-1-6-13(15)12-22-16-9-4-2-7-14(16)17(21)19-10-5-11-20/h1-4,6-9,20H,5,10-12H2,(H,19,21). The summed E-state index contributed by atoms with van der Waals surface area (Å²) in [7, 11) is 0. The number of carbonyl (C=O) groups is 1. The third kappa shape index (κ3) is 4.48. The van der Waals surface area contributed by atoms with Crippen molar-refractivity contribution >= 4 is 17.5 Å². The van der Waals surface area contributed by atoms with Gasteiger partial charge in [-0.05, 0) is 24.6 Å². The van der Waals surface area contributed by atoms with Crippen molar-refractivity contribution in [3.8, 4) is 5.75 Å². The van der Waals surface area contributed by atoms with Crippen LogP contribution in [0.5, 0.6) is 5.75 Å². The number of amides is 1. The molecule has 0 atom stereocenters. The third-order valence-corrected chi connectivity index (χ3v) is 3.46. The number of hydrogen-bond donors (Lipinski definition) is 2. The lowest BCUT2D eigenvalue weighted by Gasteiger charge is -2.12. The van der Waals surface area contributed by atoms with Gasteiger partial charge in [0.15, 0.2) is 0 Å². The van der Waals surface area contributed by atoms with Crippen molar-refractivity contribution in [2.75, 3.05) is 13.2 Å². The quantitative estimate of drug-likeness (QED) is 0.771. The third-order valence-electron chi connectivity index (χ3n) is 3.09. The van der Waals surface area contributed by atoms with Gasteiger partial charge in [0, 0.05) is 23.7 Å². The second-order valence-electron chi connectivity index (χ2n) is 4.71. The summed E-state index contributed by atoms with van der Waals surface area (Å²) in [5, 5.41) is 12.1. The number of hydrogen-bond acceptors (Lipinski definition) is 3. The van der Waals surface area contributed by atoms with Crippen LogP contribution < -0.4 is 10.1 Å². The van der Waals surface area contributed by atoms with Crippen molar-refractivity contribution in [3.63, 3.8) is 0 Å². The highest BCUT2D eigenvalue weighted by molar-refractivity contribution is 6.31. The van der Waals surface area contributed by atoms with Gasteiger partial charge in [-0.1, -0.05) is 41.9 Å². The van der Waals surface area contributed by atoms with Crippen LogP contribution in [0.3, 0.4) is 0 Å². The number of aliphatic hydroxyl groups is 1. The molecular weight excluding hydrogens is 302 g/mol. The highest BCUT2D eigenvalue weighted by Gasteiger charge is 2.12. The summed E-state index contributed by atoms with van der Waals surface area (Å²) in [6.07, 6.45) is 0.522. The molecule has 0 saturated carbocycles. The zero-order valence-corrected chi connectivity index (χ0v) is 12.8. The summed E-state index contributed by atoms with van der Waals surface area (Å²) in [4.78, 5) is 12.1. The van der Waals surface area contributed by atoms with E-state index in [0.717, 1.165) is 5.56 Å². The largest absolute Gasteiger partial charge is 0.488 e. The first-order chi connectivity index (χ1) is 10.7. The first-order valence-corrected chi connectivity index (χ1v) is 7.44. The number of nitrogens with one attached hydrogen (secondary N) is 1. The molecule has 0 unspecified atom stereocenters. The van der Waals surface area contributed by atoms with E-state index in [1.807, 2.05) is 24.3 Å². The number of carbonyl (C=O) groups excluding carboxylic acids is 1. The Hall–Kier alpha value is -2.04. The van der Waals surface area contributed by atoms with Crippen molar-refractivity contribution in [1.29, 1.82) is 0 Å². The fourth-order valence-electron chi connectivity index (χ4n) is 1.93. The molecule has 0 aliphatic rings. The molecule has 0 heterocycles. The Morgan fingerprint density at radius 2 is 1.86 bits per heavy atom. The van der Waals surface area contributed by atoms with Gasteiger partial charge < -0.3 is 15.2 Å². The molecule has 2 rings (SSSR count). The Morgan fingerprint density at radius 3 is 2.64 bits per heavy atom. The molecule has 5 heteroatoms. The molecule has 0 aromatic heterocycles. The van der Waals surface area contributed by atoms with Gasteiger partial charge >= 0.3 is 0 Å². The van der Waals surface area contributed by atoms with E-state index in [1.54, 1.807) is 24.3 Å². The minimum absolute atomic E-state index is 0.0466. The fraction of sp³-hybridized carbons (Fsp3) is 0.235. The number of aliphatic hydroxyl groups excluding tert-OH is 1. The zero-order valence-electron chi connectivity index (χ0n) is 12.1. The maximum absolute atomic E-state index is 12.1. The Labute approximate surface area is 134 Å². The lowest BCUT2D eigenvalue weighted by Crippen LogP contribution is -2.25. The average Bonchev–Trinajstić information content (AvgIpc) is 2.54. The summed E-state index contributed by atoms with van der Waals surface area (Å²) in [5.74, 6) is 0.284. The molecule has 2 aromatic carbocycles. The van der Waals surface area contributed by atoms with E-state index in [0.29, 0.717) is 35.9 Å². The van der Waals surface area contributed by atoms with Crippen LogP contribution in [0.15, 0.2) is 48.5 Å². The van der Waals surface area contributed by atoms with Gasteiger partial charge in [0.05, 0.1) is 5.56 Å². The van der Waals surface area contributed by atoms with Crippen molar-refractivity contribution in [2.24, 2.45) is 0 Å². The SMILES string of the molecule is O=C(NCCCO)c1ccccc1OCc1ccccc1Cl. The number of ether oxygens (including phenoxy) is 1. The predicted molar refractivity (Wildman–Crippen MR) is 86.3 cm³/mol. The highest BCUT2D eigenvalue weighted by Crippen LogP contribution is 2.21. The van der Waals surface area contributed by atoms with Crippen molar-refractivity contribution < 1.29 is 14.6 Å². The summed E-state index contributed by atoms with van der Waals surface area (Å²) < 4.78 is 5.74. The minimum atomic E-state index is -0.219. The number of para-hydroxylation sites is 1. The topological polar surface area (TPSA) is 58.6 Å². The van der Waals surface area contributed by atoms with E-state index in [2.05, 4.69) is 5.32 Å². The lowest BCUT2D eigenvalue weighted by molar-refractivity contribution is 0.0946. The van der Waals surface area contributed by atoms with E-state index in [9.17, 15) is 4.79 Å². The fourth-order valence-corrected chi connectivity index (χ4v) is 2.12. The second kappa shape index (κ2) is 8.41. The van der Waals surface area contributed by atoms with E-state index in [1.165, 1.54) is 0 Å². The van der Waals surface area contributed by atoms with Crippen molar-refractivity contribution in [3.05, 3.63) is 64.7 Å². The zero-order chi connectivity index (χ0) is 15.8. The molecule has 2 N–H and O–H groups in total. The van der Waals surface area contributed by atoms with Crippen LogP contribution >= 0.6 is 11.6 Å². The average molecular weight is 320 g/mol. The number of halogens is 1. The molecular formula is C17H18ClNO3. The minimum Gasteiger partial charge on any atom is -0.488 e. The number of benzene rings is 2. The van der Waals surface area contributed by atoms with Gasteiger partial charge in [0.2, 0.25) is 0 Å². The van der Waals surface area contributed by atoms with E-state index < -0.39 is 0 Å². The van der Waals surface area contributed by atoms with Crippen LogP contribution in [-0.4, -0.2) is 24.2 Å². The highest BCUT2D eigenvalue weighted by atomic mass is 35.5. The van der Waals surface area contributed by atoms with E-state index in [-0.39, 0.29) is 12.5 Å². The summed E-state index contributed by atoms with van der Waals surface area (Å²) in [5.41, 5.74) is 1.33. The van der Waals surface area contributed by atoms with Crippen LogP contribution in [0.25, 0.3) is 0 Å². The molecule has 0 radical (unpaired) electrons.